The van der Waals surface area contributed by atoms with Gasteiger partial charge in [-0.05, 0) is 36.8 Å². The van der Waals surface area contributed by atoms with Crippen LogP contribution in [0.3, 0.4) is 0 Å². The predicted molar refractivity (Wildman–Crippen MR) is 79.7 cm³/mol. The molecule has 0 heterocycles. The Morgan fingerprint density at radius 2 is 1.76 bits per heavy atom. The highest BCUT2D eigenvalue weighted by atomic mass is 32.2. The second kappa shape index (κ2) is 8.46. The van der Waals surface area contributed by atoms with E-state index in [9.17, 15) is 0 Å². The molecular formula is C15H25NS. The molecule has 0 saturated carbocycles. The van der Waals surface area contributed by atoms with Gasteiger partial charge in [-0.2, -0.15) is 0 Å². The van der Waals surface area contributed by atoms with Crippen molar-refractivity contribution in [3.8, 4) is 0 Å². The second-order valence-corrected chi connectivity index (χ2v) is 5.78. The van der Waals surface area contributed by atoms with Crippen molar-refractivity contribution in [2.24, 2.45) is 0 Å². The van der Waals surface area contributed by atoms with Gasteiger partial charge in [-0.3, -0.25) is 0 Å². The zero-order valence-corrected chi connectivity index (χ0v) is 12.0. The van der Waals surface area contributed by atoms with E-state index in [1.165, 1.54) is 54.7 Å². The molecule has 0 radical (unpaired) electrons. The number of thioether (sulfide) groups is 1. The van der Waals surface area contributed by atoms with Gasteiger partial charge in [0.05, 0.1) is 0 Å². The van der Waals surface area contributed by atoms with Crippen molar-refractivity contribution in [2.75, 3.05) is 11.5 Å². The van der Waals surface area contributed by atoms with Crippen LogP contribution in [0, 0.1) is 6.92 Å². The molecule has 1 aromatic rings. The minimum Gasteiger partial charge on any atom is -0.399 e. The molecule has 0 spiro atoms. The molecule has 0 aromatic heterocycles. The fourth-order valence-electron chi connectivity index (χ4n) is 1.84. The Hall–Kier alpha value is -0.630. The maximum absolute atomic E-state index is 5.80. The fourth-order valence-corrected chi connectivity index (χ4v) is 2.92. The van der Waals surface area contributed by atoms with Gasteiger partial charge >= 0.3 is 0 Å². The number of hydrogen-bond donors (Lipinski definition) is 1. The molecular weight excluding hydrogens is 226 g/mol. The van der Waals surface area contributed by atoms with Crippen LogP contribution in [-0.4, -0.2) is 5.75 Å². The Bertz CT molecular complexity index is 323. The number of nitrogen functional groups attached to an aromatic ring is 1. The van der Waals surface area contributed by atoms with Crippen LogP contribution in [0.15, 0.2) is 23.1 Å². The molecule has 2 N–H and O–H groups in total. The van der Waals surface area contributed by atoms with Crippen LogP contribution in [0.4, 0.5) is 5.69 Å². The molecule has 1 aromatic carbocycles. The quantitative estimate of drug-likeness (QED) is 0.398. The van der Waals surface area contributed by atoms with Crippen molar-refractivity contribution in [2.45, 2.75) is 57.3 Å². The van der Waals surface area contributed by atoms with Crippen molar-refractivity contribution in [3.05, 3.63) is 23.8 Å². The van der Waals surface area contributed by atoms with Crippen LogP contribution in [0.1, 0.15) is 51.0 Å². The molecule has 0 saturated heterocycles. The summed E-state index contributed by atoms with van der Waals surface area (Å²) in [5, 5.41) is 0. The summed E-state index contributed by atoms with van der Waals surface area (Å²) in [6.45, 7) is 4.42. The highest BCUT2D eigenvalue weighted by molar-refractivity contribution is 7.99. The molecule has 0 unspecified atom stereocenters. The van der Waals surface area contributed by atoms with Gasteiger partial charge < -0.3 is 5.73 Å². The summed E-state index contributed by atoms with van der Waals surface area (Å²) in [5.74, 6) is 1.22. The number of anilines is 1. The summed E-state index contributed by atoms with van der Waals surface area (Å²) in [5.41, 5.74) is 8.02. The summed E-state index contributed by atoms with van der Waals surface area (Å²) in [6, 6.07) is 6.18. The molecule has 17 heavy (non-hydrogen) atoms. The molecule has 1 nitrogen and oxygen atoms in total. The highest BCUT2D eigenvalue weighted by Crippen LogP contribution is 2.25. The van der Waals surface area contributed by atoms with Gasteiger partial charge in [0.15, 0.2) is 0 Å². The molecule has 96 valence electrons. The Kier molecular flexibility index (Phi) is 7.18. The standard InChI is InChI=1S/C15H25NS/c1-3-4-5-6-7-8-11-17-15-12-14(16)10-9-13(15)2/h9-10,12H,3-8,11,16H2,1-2H3. The minimum absolute atomic E-state index is 0.876. The van der Waals surface area contributed by atoms with Gasteiger partial charge in [0.25, 0.3) is 0 Å². The third kappa shape index (κ3) is 6.02. The third-order valence-corrected chi connectivity index (χ3v) is 4.21. The normalized spacial score (nSPS) is 10.7. The van der Waals surface area contributed by atoms with E-state index in [0.717, 1.165) is 5.69 Å². The zero-order valence-electron chi connectivity index (χ0n) is 11.2. The van der Waals surface area contributed by atoms with Crippen LogP contribution in [0.2, 0.25) is 0 Å². The lowest BCUT2D eigenvalue weighted by atomic mass is 10.1. The van der Waals surface area contributed by atoms with Crippen LogP contribution in [0.5, 0.6) is 0 Å². The summed E-state index contributed by atoms with van der Waals surface area (Å²) in [6.07, 6.45) is 8.21. The molecule has 0 atom stereocenters. The Morgan fingerprint density at radius 1 is 1.06 bits per heavy atom. The first-order chi connectivity index (χ1) is 8.24. The zero-order chi connectivity index (χ0) is 12.5. The Labute approximate surface area is 110 Å². The lowest BCUT2D eigenvalue weighted by molar-refractivity contribution is 0.627. The smallest absolute Gasteiger partial charge is 0.0325 e. The second-order valence-electron chi connectivity index (χ2n) is 4.64. The van der Waals surface area contributed by atoms with Crippen molar-refractivity contribution in [1.29, 1.82) is 0 Å². The first-order valence-corrected chi connectivity index (χ1v) is 7.71. The molecule has 1 rings (SSSR count). The average Bonchev–Trinajstić information content (AvgIpc) is 2.32. The summed E-state index contributed by atoms with van der Waals surface area (Å²) in [4.78, 5) is 1.35. The summed E-state index contributed by atoms with van der Waals surface area (Å²) >= 11 is 1.94. The minimum atomic E-state index is 0.876. The predicted octanol–water partition coefficient (Wildman–Crippen LogP) is 5.03. The maximum Gasteiger partial charge on any atom is 0.0325 e. The summed E-state index contributed by atoms with van der Waals surface area (Å²) < 4.78 is 0. The molecule has 0 aliphatic rings. The Balaban J connectivity index is 2.15. The van der Waals surface area contributed by atoms with Crippen molar-refractivity contribution in [1.82, 2.24) is 0 Å². The molecule has 0 bridgehead atoms. The van der Waals surface area contributed by atoms with Gasteiger partial charge in [-0.25, -0.2) is 0 Å². The first-order valence-electron chi connectivity index (χ1n) is 6.73. The topological polar surface area (TPSA) is 26.0 Å². The number of unbranched alkanes of at least 4 members (excludes halogenated alkanes) is 5. The van der Waals surface area contributed by atoms with Crippen LogP contribution in [0.25, 0.3) is 0 Å². The Morgan fingerprint density at radius 3 is 2.53 bits per heavy atom. The molecule has 0 amide bonds. The lowest BCUT2D eigenvalue weighted by Crippen LogP contribution is -1.88. The lowest BCUT2D eigenvalue weighted by Gasteiger charge is -2.06. The van der Waals surface area contributed by atoms with Crippen LogP contribution < -0.4 is 5.73 Å². The molecule has 2 heteroatoms. The van der Waals surface area contributed by atoms with Gasteiger partial charge in [-0.1, -0.05) is 45.1 Å². The molecule has 0 fully saturated rings. The van der Waals surface area contributed by atoms with E-state index in [1.54, 1.807) is 0 Å². The highest BCUT2D eigenvalue weighted by Gasteiger charge is 1.99. The van der Waals surface area contributed by atoms with E-state index >= 15 is 0 Å². The van der Waals surface area contributed by atoms with Gasteiger partial charge in [0.2, 0.25) is 0 Å². The molecule has 0 aliphatic heterocycles. The maximum atomic E-state index is 5.80. The van der Waals surface area contributed by atoms with E-state index in [4.69, 9.17) is 5.73 Å². The largest absolute Gasteiger partial charge is 0.399 e. The van der Waals surface area contributed by atoms with Crippen LogP contribution >= 0.6 is 11.8 Å². The van der Waals surface area contributed by atoms with E-state index in [0.29, 0.717) is 0 Å². The van der Waals surface area contributed by atoms with E-state index in [1.807, 2.05) is 17.8 Å². The monoisotopic (exact) mass is 251 g/mol. The number of rotatable bonds is 8. The van der Waals surface area contributed by atoms with Gasteiger partial charge in [0.1, 0.15) is 0 Å². The van der Waals surface area contributed by atoms with E-state index < -0.39 is 0 Å². The van der Waals surface area contributed by atoms with Gasteiger partial charge in [-0.15, -0.1) is 11.8 Å². The third-order valence-electron chi connectivity index (χ3n) is 2.97. The molecule has 0 aliphatic carbocycles. The van der Waals surface area contributed by atoms with Crippen molar-refractivity contribution >= 4 is 17.4 Å². The number of hydrogen-bond acceptors (Lipinski definition) is 2. The summed E-state index contributed by atoms with van der Waals surface area (Å²) in [7, 11) is 0. The number of benzene rings is 1. The average molecular weight is 251 g/mol. The van der Waals surface area contributed by atoms with E-state index in [-0.39, 0.29) is 0 Å². The fraction of sp³-hybridized carbons (Fsp3) is 0.600. The van der Waals surface area contributed by atoms with Crippen molar-refractivity contribution in [3.63, 3.8) is 0 Å². The first kappa shape index (κ1) is 14.4. The SMILES string of the molecule is CCCCCCCCSc1cc(N)ccc1C. The van der Waals surface area contributed by atoms with E-state index in [2.05, 4.69) is 26.0 Å². The number of nitrogens with two attached hydrogens (primary N) is 1. The van der Waals surface area contributed by atoms with Gasteiger partial charge in [0, 0.05) is 10.6 Å². The number of aryl methyl sites for hydroxylation is 1. The van der Waals surface area contributed by atoms with Crippen molar-refractivity contribution < 1.29 is 0 Å². The van der Waals surface area contributed by atoms with Crippen LogP contribution in [-0.2, 0) is 0 Å².